The zero-order valence-electron chi connectivity index (χ0n) is 40.4. The topological polar surface area (TPSA) is 78.9 Å². The highest BCUT2D eigenvalue weighted by Gasteiger charge is 2.19. The van der Waals surface area contributed by atoms with Crippen LogP contribution in [0.25, 0.3) is 0 Å². The average molecular weight is 835 g/mol. The van der Waals surface area contributed by atoms with Gasteiger partial charge in [-0.2, -0.15) is 0 Å². The third-order valence-electron chi connectivity index (χ3n) is 12.0. The number of rotatable bonds is 47. The fourth-order valence-corrected chi connectivity index (χ4v) is 7.99. The molecule has 0 aliphatic carbocycles. The van der Waals surface area contributed by atoms with Crippen molar-refractivity contribution < 1.29 is 28.6 Å². The molecule has 0 bridgehead atoms. The monoisotopic (exact) mass is 835 g/mol. The SMILES string of the molecule is CCCCCCCCCCCCCCC(=O)OC[C@H](COC(=O)CCCCCCCCCCCCCCCC(C)C)OC(=O)CCCCCCCCCCCCC(C)C. The van der Waals surface area contributed by atoms with E-state index < -0.39 is 6.10 Å². The second-order valence-electron chi connectivity index (χ2n) is 19.1. The predicted octanol–water partition coefficient (Wildman–Crippen LogP) is 16.9. The molecule has 0 aromatic carbocycles. The standard InChI is InChI=1S/C53H102O6/c1-6-7-8-9-10-11-12-17-23-28-33-38-43-51(54)57-46-50(59-53(56)45-40-35-30-25-20-19-22-27-32-37-42-49(4)5)47-58-52(55)44-39-34-29-24-18-15-13-14-16-21-26-31-36-41-48(2)3/h48-50H,6-47H2,1-5H3/t50-/m1/s1. The van der Waals surface area contributed by atoms with Crippen LogP contribution in [0.3, 0.4) is 0 Å². The van der Waals surface area contributed by atoms with E-state index in [9.17, 15) is 14.4 Å². The maximum absolute atomic E-state index is 12.8. The Morgan fingerprint density at radius 1 is 0.322 bits per heavy atom. The quantitative estimate of drug-likeness (QED) is 0.0345. The van der Waals surface area contributed by atoms with Crippen LogP contribution in [-0.4, -0.2) is 37.2 Å². The lowest BCUT2D eigenvalue weighted by molar-refractivity contribution is -0.167. The largest absolute Gasteiger partial charge is 0.462 e. The maximum atomic E-state index is 12.8. The van der Waals surface area contributed by atoms with Gasteiger partial charge in [-0.25, -0.2) is 0 Å². The molecule has 0 aliphatic rings. The highest BCUT2D eigenvalue weighted by atomic mass is 16.6. The van der Waals surface area contributed by atoms with Crippen LogP contribution in [0.2, 0.25) is 0 Å². The van der Waals surface area contributed by atoms with Crippen molar-refractivity contribution in [3.63, 3.8) is 0 Å². The van der Waals surface area contributed by atoms with Gasteiger partial charge in [-0.05, 0) is 31.1 Å². The van der Waals surface area contributed by atoms with E-state index in [0.717, 1.165) is 69.6 Å². The zero-order chi connectivity index (χ0) is 43.3. The summed E-state index contributed by atoms with van der Waals surface area (Å²) in [7, 11) is 0. The molecular weight excluding hydrogens is 733 g/mol. The summed E-state index contributed by atoms with van der Waals surface area (Å²) in [5.41, 5.74) is 0. The Bertz CT molecular complexity index is 900. The fraction of sp³-hybridized carbons (Fsp3) is 0.943. The summed E-state index contributed by atoms with van der Waals surface area (Å²) in [6.45, 7) is 11.4. The molecule has 0 unspecified atom stereocenters. The Morgan fingerprint density at radius 2 is 0.559 bits per heavy atom. The van der Waals surface area contributed by atoms with Crippen molar-refractivity contribution in [2.24, 2.45) is 11.8 Å². The Morgan fingerprint density at radius 3 is 0.831 bits per heavy atom. The van der Waals surface area contributed by atoms with Gasteiger partial charge in [0.05, 0.1) is 0 Å². The smallest absolute Gasteiger partial charge is 0.306 e. The van der Waals surface area contributed by atoms with Crippen LogP contribution in [0.5, 0.6) is 0 Å². The van der Waals surface area contributed by atoms with Crippen LogP contribution in [0, 0.1) is 11.8 Å². The van der Waals surface area contributed by atoms with E-state index in [1.54, 1.807) is 0 Å². The Balaban J connectivity index is 4.30. The molecule has 0 amide bonds. The minimum Gasteiger partial charge on any atom is -0.462 e. The molecule has 0 rings (SSSR count). The predicted molar refractivity (Wildman–Crippen MR) is 252 cm³/mol. The molecule has 6 nitrogen and oxygen atoms in total. The van der Waals surface area contributed by atoms with Crippen LogP contribution in [-0.2, 0) is 28.6 Å². The van der Waals surface area contributed by atoms with Gasteiger partial charge in [0.15, 0.2) is 6.10 Å². The van der Waals surface area contributed by atoms with Gasteiger partial charge in [0.1, 0.15) is 13.2 Å². The van der Waals surface area contributed by atoms with E-state index in [1.165, 1.54) is 180 Å². The molecule has 0 aromatic heterocycles. The number of carbonyl (C=O) groups is 3. The van der Waals surface area contributed by atoms with Crippen molar-refractivity contribution in [3.8, 4) is 0 Å². The number of unbranched alkanes of at least 4 members (excludes halogenated alkanes) is 32. The van der Waals surface area contributed by atoms with Crippen LogP contribution >= 0.6 is 0 Å². The number of hydrogen-bond acceptors (Lipinski definition) is 6. The normalized spacial score (nSPS) is 12.1. The van der Waals surface area contributed by atoms with E-state index in [-0.39, 0.29) is 31.1 Å². The minimum atomic E-state index is -0.761. The molecule has 0 heterocycles. The number of hydrogen-bond donors (Lipinski definition) is 0. The molecule has 0 aliphatic heterocycles. The first-order chi connectivity index (χ1) is 28.7. The number of esters is 3. The van der Waals surface area contributed by atoms with E-state index in [2.05, 4.69) is 34.6 Å². The molecule has 0 spiro atoms. The highest BCUT2D eigenvalue weighted by molar-refractivity contribution is 5.71. The Kier molecular flexibility index (Phi) is 44.7. The molecule has 0 saturated heterocycles. The molecule has 1 atom stereocenters. The van der Waals surface area contributed by atoms with Gasteiger partial charge in [-0.15, -0.1) is 0 Å². The van der Waals surface area contributed by atoms with Gasteiger partial charge >= 0.3 is 17.9 Å². The van der Waals surface area contributed by atoms with Crippen LogP contribution < -0.4 is 0 Å². The lowest BCUT2D eigenvalue weighted by Gasteiger charge is -2.18. The molecule has 6 heteroatoms. The Hall–Kier alpha value is -1.59. The lowest BCUT2D eigenvalue weighted by atomic mass is 10.0. The molecular formula is C53H102O6. The Labute approximate surface area is 368 Å². The summed E-state index contributed by atoms with van der Waals surface area (Å²) in [6, 6.07) is 0. The summed E-state index contributed by atoms with van der Waals surface area (Å²) < 4.78 is 16.8. The first-order valence-corrected chi connectivity index (χ1v) is 26.2. The van der Waals surface area contributed by atoms with E-state index >= 15 is 0 Å². The molecule has 350 valence electrons. The minimum absolute atomic E-state index is 0.0636. The van der Waals surface area contributed by atoms with Crippen molar-refractivity contribution in [2.75, 3.05) is 13.2 Å². The highest BCUT2D eigenvalue weighted by Crippen LogP contribution is 2.17. The number of carbonyl (C=O) groups excluding carboxylic acids is 3. The summed E-state index contributed by atoms with van der Waals surface area (Å²) in [5, 5.41) is 0. The van der Waals surface area contributed by atoms with E-state index in [1.807, 2.05) is 0 Å². The van der Waals surface area contributed by atoms with Gasteiger partial charge in [0, 0.05) is 19.3 Å². The summed E-state index contributed by atoms with van der Waals surface area (Å²) in [5.74, 6) is 0.809. The van der Waals surface area contributed by atoms with E-state index in [0.29, 0.717) is 19.3 Å². The molecule has 0 N–H and O–H groups in total. The average Bonchev–Trinajstić information content (AvgIpc) is 3.20. The van der Waals surface area contributed by atoms with E-state index in [4.69, 9.17) is 14.2 Å². The van der Waals surface area contributed by atoms with Crippen molar-refractivity contribution in [2.45, 2.75) is 298 Å². The fourth-order valence-electron chi connectivity index (χ4n) is 7.99. The van der Waals surface area contributed by atoms with Gasteiger partial charge in [-0.1, -0.05) is 253 Å². The zero-order valence-corrected chi connectivity index (χ0v) is 40.4. The van der Waals surface area contributed by atoms with Crippen molar-refractivity contribution in [1.82, 2.24) is 0 Å². The van der Waals surface area contributed by atoms with Gasteiger partial charge in [0.2, 0.25) is 0 Å². The van der Waals surface area contributed by atoms with Gasteiger partial charge < -0.3 is 14.2 Å². The van der Waals surface area contributed by atoms with Crippen LogP contribution in [0.1, 0.15) is 291 Å². The van der Waals surface area contributed by atoms with Crippen molar-refractivity contribution in [3.05, 3.63) is 0 Å². The molecule has 0 fully saturated rings. The first-order valence-electron chi connectivity index (χ1n) is 26.2. The second-order valence-corrected chi connectivity index (χ2v) is 19.1. The third kappa shape index (κ3) is 47.3. The summed E-state index contributed by atoms with van der Waals surface area (Å²) >= 11 is 0. The van der Waals surface area contributed by atoms with Gasteiger partial charge in [0.25, 0.3) is 0 Å². The summed E-state index contributed by atoms with van der Waals surface area (Å²) in [6.07, 6.45) is 46.6. The van der Waals surface area contributed by atoms with Crippen LogP contribution in [0.15, 0.2) is 0 Å². The third-order valence-corrected chi connectivity index (χ3v) is 12.0. The number of ether oxygens (including phenoxy) is 3. The molecule has 59 heavy (non-hydrogen) atoms. The van der Waals surface area contributed by atoms with Crippen LogP contribution in [0.4, 0.5) is 0 Å². The molecule has 0 radical (unpaired) electrons. The van der Waals surface area contributed by atoms with Crippen molar-refractivity contribution in [1.29, 1.82) is 0 Å². The van der Waals surface area contributed by atoms with Crippen molar-refractivity contribution >= 4 is 17.9 Å². The maximum Gasteiger partial charge on any atom is 0.306 e. The molecule has 0 saturated carbocycles. The first kappa shape index (κ1) is 57.4. The van der Waals surface area contributed by atoms with Gasteiger partial charge in [-0.3, -0.25) is 14.4 Å². The lowest BCUT2D eigenvalue weighted by Crippen LogP contribution is -2.30. The molecule has 0 aromatic rings. The summed E-state index contributed by atoms with van der Waals surface area (Å²) in [4.78, 5) is 37.9. The second kappa shape index (κ2) is 45.9.